The van der Waals surface area contributed by atoms with E-state index in [1.54, 1.807) is 6.07 Å². The SMILES string of the molecule is O=C(c1cccs1)N1CCCN(c2cc(Oc3ccc(F)c(Cl)c3)ncn2)CC1. The molecule has 0 unspecified atom stereocenters. The number of halogens is 2. The fourth-order valence-corrected chi connectivity index (χ4v) is 3.99. The lowest BCUT2D eigenvalue weighted by molar-refractivity contribution is 0.0772. The first kappa shape index (κ1) is 19.6. The molecule has 150 valence electrons. The van der Waals surface area contributed by atoms with Gasteiger partial charge in [0.15, 0.2) is 0 Å². The molecule has 0 aliphatic carbocycles. The Morgan fingerprint density at radius 2 is 2.03 bits per heavy atom. The van der Waals surface area contributed by atoms with E-state index >= 15 is 0 Å². The molecule has 6 nitrogen and oxygen atoms in total. The minimum atomic E-state index is -0.506. The van der Waals surface area contributed by atoms with Crippen molar-refractivity contribution in [3.63, 3.8) is 0 Å². The van der Waals surface area contributed by atoms with Crippen molar-refractivity contribution in [1.82, 2.24) is 14.9 Å². The first-order valence-corrected chi connectivity index (χ1v) is 10.4. The quantitative estimate of drug-likeness (QED) is 0.608. The zero-order chi connectivity index (χ0) is 20.2. The maximum atomic E-state index is 13.3. The van der Waals surface area contributed by atoms with Gasteiger partial charge in [0.1, 0.15) is 23.7 Å². The number of aromatic nitrogens is 2. The number of hydrogen-bond acceptors (Lipinski definition) is 6. The van der Waals surface area contributed by atoms with Gasteiger partial charge in [0.25, 0.3) is 5.91 Å². The van der Waals surface area contributed by atoms with Gasteiger partial charge in [-0.1, -0.05) is 17.7 Å². The molecule has 1 aromatic carbocycles. The summed E-state index contributed by atoms with van der Waals surface area (Å²) in [5.74, 6) is 1.02. The predicted octanol–water partition coefficient (Wildman–Crippen LogP) is 4.48. The highest BCUT2D eigenvalue weighted by Crippen LogP contribution is 2.26. The highest BCUT2D eigenvalue weighted by Gasteiger charge is 2.22. The van der Waals surface area contributed by atoms with Crippen LogP contribution in [0.25, 0.3) is 0 Å². The van der Waals surface area contributed by atoms with E-state index in [4.69, 9.17) is 16.3 Å². The molecule has 2 aromatic heterocycles. The van der Waals surface area contributed by atoms with E-state index in [0.29, 0.717) is 37.1 Å². The maximum Gasteiger partial charge on any atom is 0.263 e. The molecule has 0 bridgehead atoms. The van der Waals surface area contributed by atoms with E-state index in [9.17, 15) is 9.18 Å². The lowest BCUT2D eigenvalue weighted by Gasteiger charge is -2.22. The molecule has 1 aliphatic rings. The molecule has 1 aliphatic heterocycles. The fourth-order valence-electron chi connectivity index (χ4n) is 3.13. The largest absolute Gasteiger partial charge is 0.439 e. The Bertz CT molecular complexity index is 1000. The average Bonchev–Trinajstić information content (AvgIpc) is 3.15. The summed E-state index contributed by atoms with van der Waals surface area (Å²) in [4.78, 5) is 25.8. The normalized spacial score (nSPS) is 14.6. The molecule has 3 aromatic rings. The monoisotopic (exact) mass is 432 g/mol. The van der Waals surface area contributed by atoms with Crippen LogP contribution in [0.4, 0.5) is 10.2 Å². The van der Waals surface area contributed by atoms with Gasteiger partial charge in [-0.2, -0.15) is 0 Å². The number of amides is 1. The lowest BCUT2D eigenvalue weighted by atomic mass is 10.3. The van der Waals surface area contributed by atoms with Crippen LogP contribution in [0.3, 0.4) is 0 Å². The van der Waals surface area contributed by atoms with Crippen molar-refractivity contribution in [2.24, 2.45) is 0 Å². The van der Waals surface area contributed by atoms with Gasteiger partial charge >= 0.3 is 0 Å². The zero-order valence-electron chi connectivity index (χ0n) is 15.4. The van der Waals surface area contributed by atoms with Crippen molar-refractivity contribution < 1.29 is 13.9 Å². The van der Waals surface area contributed by atoms with E-state index in [0.717, 1.165) is 17.8 Å². The Labute approximate surface area is 176 Å². The molecular formula is C20H18ClFN4O2S. The fraction of sp³-hybridized carbons (Fsp3) is 0.250. The van der Waals surface area contributed by atoms with Crippen molar-refractivity contribution in [3.8, 4) is 11.6 Å². The van der Waals surface area contributed by atoms with Crippen molar-refractivity contribution in [2.75, 3.05) is 31.1 Å². The Kier molecular flexibility index (Phi) is 5.92. The number of ether oxygens (including phenoxy) is 1. The predicted molar refractivity (Wildman–Crippen MR) is 111 cm³/mol. The van der Waals surface area contributed by atoms with Crippen molar-refractivity contribution in [2.45, 2.75) is 6.42 Å². The summed E-state index contributed by atoms with van der Waals surface area (Å²) in [7, 11) is 0. The number of carbonyl (C=O) groups excluding carboxylic acids is 1. The second-order valence-electron chi connectivity index (χ2n) is 6.50. The molecule has 1 fully saturated rings. The van der Waals surface area contributed by atoms with Crippen molar-refractivity contribution in [1.29, 1.82) is 0 Å². The number of hydrogen-bond donors (Lipinski definition) is 0. The van der Waals surface area contributed by atoms with E-state index in [1.165, 1.54) is 35.9 Å². The molecule has 0 radical (unpaired) electrons. The number of benzene rings is 1. The highest BCUT2D eigenvalue weighted by molar-refractivity contribution is 7.12. The van der Waals surface area contributed by atoms with Crippen molar-refractivity contribution in [3.05, 3.63) is 63.8 Å². The molecule has 0 N–H and O–H groups in total. The van der Waals surface area contributed by atoms with Crippen LogP contribution in [0, 0.1) is 5.82 Å². The van der Waals surface area contributed by atoms with Gasteiger partial charge < -0.3 is 14.5 Å². The topological polar surface area (TPSA) is 58.6 Å². The first-order valence-electron chi connectivity index (χ1n) is 9.13. The molecule has 0 spiro atoms. The Morgan fingerprint density at radius 3 is 2.83 bits per heavy atom. The van der Waals surface area contributed by atoms with Gasteiger partial charge in [-0.3, -0.25) is 4.79 Å². The molecule has 1 saturated heterocycles. The van der Waals surface area contributed by atoms with Gasteiger partial charge in [0, 0.05) is 38.3 Å². The van der Waals surface area contributed by atoms with Gasteiger partial charge in [0.05, 0.1) is 9.90 Å². The Morgan fingerprint density at radius 1 is 1.14 bits per heavy atom. The van der Waals surface area contributed by atoms with Crippen molar-refractivity contribution >= 4 is 34.7 Å². The summed E-state index contributed by atoms with van der Waals surface area (Å²) in [6, 6.07) is 9.60. The maximum absolute atomic E-state index is 13.3. The third-order valence-electron chi connectivity index (χ3n) is 4.58. The zero-order valence-corrected chi connectivity index (χ0v) is 17.0. The standard InChI is InChI=1S/C20H18ClFN4O2S/c21-15-11-14(4-5-16(15)22)28-19-12-18(23-13-24-19)25-6-2-7-26(9-8-25)20(27)17-3-1-10-29-17/h1,3-5,10-13H,2,6-9H2. The van der Waals surface area contributed by atoms with Crippen LogP contribution in [0.1, 0.15) is 16.1 Å². The van der Waals surface area contributed by atoms with Crippen LogP contribution in [0.15, 0.2) is 48.1 Å². The number of nitrogens with zero attached hydrogens (tertiary/aromatic N) is 4. The van der Waals surface area contributed by atoms with Crippen LogP contribution >= 0.6 is 22.9 Å². The molecule has 4 rings (SSSR count). The number of rotatable bonds is 4. The second kappa shape index (κ2) is 8.75. The van der Waals surface area contributed by atoms with Gasteiger partial charge in [-0.25, -0.2) is 14.4 Å². The molecular weight excluding hydrogens is 415 g/mol. The number of carbonyl (C=O) groups is 1. The Hall–Kier alpha value is -2.71. The number of anilines is 1. The summed E-state index contributed by atoms with van der Waals surface area (Å²) in [5, 5.41) is 1.90. The molecule has 29 heavy (non-hydrogen) atoms. The van der Waals surface area contributed by atoms with Gasteiger partial charge in [0.2, 0.25) is 5.88 Å². The summed E-state index contributed by atoms with van der Waals surface area (Å²) in [6.07, 6.45) is 2.26. The highest BCUT2D eigenvalue weighted by atomic mass is 35.5. The van der Waals surface area contributed by atoms with Crippen LogP contribution in [-0.4, -0.2) is 47.0 Å². The third-order valence-corrected chi connectivity index (χ3v) is 5.73. The van der Waals surface area contributed by atoms with Crippen LogP contribution in [0.2, 0.25) is 5.02 Å². The molecule has 0 atom stereocenters. The summed E-state index contributed by atoms with van der Waals surface area (Å²) in [6.45, 7) is 2.75. The van der Waals surface area contributed by atoms with E-state index in [2.05, 4.69) is 14.9 Å². The number of thiophene rings is 1. The average molecular weight is 433 g/mol. The lowest BCUT2D eigenvalue weighted by Crippen LogP contribution is -2.35. The molecule has 9 heteroatoms. The molecule has 0 saturated carbocycles. The van der Waals surface area contributed by atoms with Gasteiger partial charge in [-0.05, 0) is 30.0 Å². The van der Waals surface area contributed by atoms with E-state index in [1.807, 2.05) is 22.4 Å². The smallest absolute Gasteiger partial charge is 0.263 e. The summed E-state index contributed by atoms with van der Waals surface area (Å²) in [5.41, 5.74) is 0. The van der Waals surface area contributed by atoms with Crippen LogP contribution in [0.5, 0.6) is 11.6 Å². The van der Waals surface area contributed by atoms with E-state index in [-0.39, 0.29) is 10.9 Å². The van der Waals surface area contributed by atoms with Crippen LogP contribution < -0.4 is 9.64 Å². The summed E-state index contributed by atoms with van der Waals surface area (Å²) >= 11 is 7.26. The first-order chi connectivity index (χ1) is 14.1. The molecule has 3 heterocycles. The Balaban J connectivity index is 1.44. The summed E-state index contributed by atoms with van der Waals surface area (Å²) < 4.78 is 19.0. The minimum absolute atomic E-state index is 0.0141. The second-order valence-corrected chi connectivity index (χ2v) is 7.86. The molecule has 1 amide bonds. The van der Waals surface area contributed by atoms with Gasteiger partial charge in [-0.15, -0.1) is 11.3 Å². The van der Waals surface area contributed by atoms with E-state index < -0.39 is 5.82 Å². The third kappa shape index (κ3) is 4.65. The minimum Gasteiger partial charge on any atom is -0.439 e. The van der Waals surface area contributed by atoms with Crippen LogP contribution in [-0.2, 0) is 0 Å².